The van der Waals surface area contributed by atoms with Crippen LogP contribution in [0.25, 0.3) is 5.69 Å². The number of hydrogen-bond donors (Lipinski definition) is 1. The van der Waals surface area contributed by atoms with Crippen LogP contribution in [0.15, 0.2) is 30.5 Å². The van der Waals surface area contributed by atoms with Crippen LogP contribution in [0.3, 0.4) is 0 Å². The van der Waals surface area contributed by atoms with Crippen LogP contribution in [0.4, 0.5) is 13.2 Å². The quantitative estimate of drug-likeness (QED) is 0.936. The van der Waals surface area contributed by atoms with Gasteiger partial charge in [0, 0.05) is 18.2 Å². The van der Waals surface area contributed by atoms with Crippen molar-refractivity contribution < 1.29 is 13.2 Å². The summed E-state index contributed by atoms with van der Waals surface area (Å²) in [6.07, 6.45) is -1.05. The predicted molar refractivity (Wildman–Crippen MR) is 73.2 cm³/mol. The Balaban J connectivity index is 2.01. The molecule has 0 amide bonds. The van der Waals surface area contributed by atoms with Gasteiger partial charge in [0.05, 0.1) is 11.9 Å². The Kier molecular flexibility index (Phi) is 3.49. The smallest absolute Gasteiger partial charge is 0.310 e. The molecule has 6 heteroatoms. The Morgan fingerprint density at radius 2 is 2.00 bits per heavy atom. The van der Waals surface area contributed by atoms with Crippen molar-refractivity contribution in [1.29, 1.82) is 0 Å². The van der Waals surface area contributed by atoms with Crippen molar-refractivity contribution in [3.63, 3.8) is 0 Å². The molecule has 0 unspecified atom stereocenters. The van der Waals surface area contributed by atoms with Gasteiger partial charge in [-0.25, -0.2) is 4.68 Å². The summed E-state index contributed by atoms with van der Waals surface area (Å²) < 4.78 is 41.2. The first-order chi connectivity index (χ1) is 9.97. The number of nitrogens with one attached hydrogen (secondary N) is 1. The molecule has 112 valence electrons. The molecule has 1 saturated carbocycles. The summed E-state index contributed by atoms with van der Waals surface area (Å²) in [4.78, 5) is 0. The SMILES string of the molecule is Cc1ccccc1-n1ncc(CNC2CC2)c1C(F)(F)F. The highest BCUT2D eigenvalue weighted by Crippen LogP contribution is 2.34. The lowest BCUT2D eigenvalue weighted by Gasteiger charge is -2.14. The Morgan fingerprint density at radius 3 is 2.62 bits per heavy atom. The monoisotopic (exact) mass is 295 g/mol. The fraction of sp³-hybridized carbons (Fsp3) is 0.400. The first-order valence-electron chi connectivity index (χ1n) is 6.90. The lowest BCUT2D eigenvalue weighted by atomic mass is 10.2. The van der Waals surface area contributed by atoms with E-state index in [0.717, 1.165) is 23.1 Å². The molecule has 1 aliphatic rings. The molecule has 3 rings (SSSR count). The van der Waals surface area contributed by atoms with Crippen molar-refractivity contribution in [2.45, 2.75) is 38.5 Å². The van der Waals surface area contributed by atoms with Gasteiger partial charge in [-0.3, -0.25) is 0 Å². The fourth-order valence-corrected chi connectivity index (χ4v) is 2.34. The van der Waals surface area contributed by atoms with Gasteiger partial charge in [-0.15, -0.1) is 0 Å². The van der Waals surface area contributed by atoms with Gasteiger partial charge in [0.1, 0.15) is 0 Å². The minimum Gasteiger partial charge on any atom is -0.310 e. The van der Waals surface area contributed by atoms with E-state index in [1.165, 1.54) is 6.20 Å². The average molecular weight is 295 g/mol. The van der Waals surface area contributed by atoms with E-state index >= 15 is 0 Å². The van der Waals surface area contributed by atoms with Crippen LogP contribution < -0.4 is 5.32 Å². The third kappa shape index (κ3) is 2.95. The first-order valence-corrected chi connectivity index (χ1v) is 6.90. The third-order valence-electron chi connectivity index (χ3n) is 3.62. The van der Waals surface area contributed by atoms with Crippen LogP contribution in [0.5, 0.6) is 0 Å². The van der Waals surface area contributed by atoms with Crippen molar-refractivity contribution in [3.8, 4) is 5.69 Å². The summed E-state index contributed by atoms with van der Waals surface area (Å²) in [5.74, 6) is 0. The zero-order valence-corrected chi connectivity index (χ0v) is 11.6. The molecule has 0 radical (unpaired) electrons. The molecule has 0 saturated heterocycles. The minimum absolute atomic E-state index is 0.192. The number of hydrogen-bond acceptors (Lipinski definition) is 2. The zero-order chi connectivity index (χ0) is 15.0. The number of aromatic nitrogens is 2. The highest BCUT2D eigenvalue weighted by Gasteiger charge is 2.39. The summed E-state index contributed by atoms with van der Waals surface area (Å²) >= 11 is 0. The van der Waals surface area contributed by atoms with Gasteiger partial charge in [0.25, 0.3) is 0 Å². The van der Waals surface area contributed by atoms with Crippen molar-refractivity contribution >= 4 is 0 Å². The Hall–Kier alpha value is -1.82. The van der Waals surface area contributed by atoms with Crippen molar-refractivity contribution in [3.05, 3.63) is 47.3 Å². The molecule has 0 atom stereocenters. The summed E-state index contributed by atoms with van der Waals surface area (Å²) in [5.41, 5.74) is 0.720. The third-order valence-corrected chi connectivity index (χ3v) is 3.62. The lowest BCUT2D eigenvalue weighted by Crippen LogP contribution is -2.20. The standard InChI is InChI=1S/C15H16F3N3/c1-10-4-2-3-5-13(10)21-14(15(16,17)18)11(9-20-21)8-19-12-6-7-12/h2-5,9,12,19H,6-8H2,1H3. The van der Waals surface area contributed by atoms with Crippen LogP contribution >= 0.6 is 0 Å². The highest BCUT2D eigenvalue weighted by atomic mass is 19.4. The number of alkyl halides is 3. The second kappa shape index (κ2) is 5.18. The number of benzene rings is 1. The van der Waals surface area contributed by atoms with Crippen LogP contribution in [0.1, 0.15) is 29.7 Å². The zero-order valence-electron chi connectivity index (χ0n) is 11.6. The molecule has 0 aliphatic heterocycles. The first kappa shape index (κ1) is 14.1. The molecule has 3 nitrogen and oxygen atoms in total. The van der Waals surface area contributed by atoms with Gasteiger partial charge in [-0.2, -0.15) is 18.3 Å². The van der Waals surface area contributed by atoms with Gasteiger partial charge < -0.3 is 5.32 Å². The van der Waals surface area contributed by atoms with E-state index in [1.807, 2.05) is 0 Å². The summed E-state index contributed by atoms with van der Waals surface area (Å²) in [6, 6.07) is 7.29. The number of halogens is 3. The molecule has 1 N–H and O–H groups in total. The molecular weight excluding hydrogens is 279 g/mol. The highest BCUT2D eigenvalue weighted by molar-refractivity contribution is 5.42. The molecule has 0 bridgehead atoms. The molecular formula is C15H16F3N3. The van der Waals surface area contributed by atoms with E-state index in [0.29, 0.717) is 11.7 Å². The van der Waals surface area contributed by atoms with Crippen molar-refractivity contribution in [1.82, 2.24) is 15.1 Å². The molecule has 1 fully saturated rings. The van der Waals surface area contributed by atoms with E-state index in [4.69, 9.17) is 0 Å². The molecule has 0 spiro atoms. The molecule has 1 aliphatic carbocycles. The topological polar surface area (TPSA) is 29.9 Å². The predicted octanol–water partition coefficient (Wildman–Crippen LogP) is 3.45. The van der Waals surface area contributed by atoms with Gasteiger partial charge in [0.2, 0.25) is 0 Å². The van der Waals surface area contributed by atoms with Crippen molar-refractivity contribution in [2.24, 2.45) is 0 Å². The Labute approximate surface area is 120 Å². The van der Waals surface area contributed by atoms with Crippen LogP contribution in [-0.4, -0.2) is 15.8 Å². The Morgan fingerprint density at radius 1 is 1.29 bits per heavy atom. The van der Waals surface area contributed by atoms with E-state index in [1.54, 1.807) is 31.2 Å². The second-order valence-corrected chi connectivity index (χ2v) is 5.37. The minimum atomic E-state index is -4.43. The molecule has 1 aromatic heterocycles. The maximum atomic E-state index is 13.4. The summed E-state index contributed by atoms with van der Waals surface area (Å²) in [7, 11) is 0. The number of nitrogens with zero attached hydrogens (tertiary/aromatic N) is 2. The van der Waals surface area contributed by atoms with Gasteiger partial charge >= 0.3 is 6.18 Å². The second-order valence-electron chi connectivity index (χ2n) is 5.37. The fourth-order valence-electron chi connectivity index (χ4n) is 2.34. The summed E-state index contributed by atoms with van der Waals surface area (Å²) in [6.45, 7) is 1.98. The van der Waals surface area contributed by atoms with E-state index in [-0.39, 0.29) is 12.1 Å². The summed E-state index contributed by atoms with van der Waals surface area (Å²) in [5, 5.41) is 7.08. The largest absolute Gasteiger partial charge is 0.433 e. The molecule has 21 heavy (non-hydrogen) atoms. The Bertz CT molecular complexity index is 642. The van der Waals surface area contributed by atoms with Crippen LogP contribution in [-0.2, 0) is 12.7 Å². The van der Waals surface area contributed by atoms with Crippen LogP contribution in [0, 0.1) is 6.92 Å². The molecule has 1 aromatic carbocycles. The maximum Gasteiger partial charge on any atom is 0.433 e. The maximum absolute atomic E-state index is 13.4. The van der Waals surface area contributed by atoms with E-state index < -0.39 is 11.9 Å². The van der Waals surface area contributed by atoms with E-state index in [9.17, 15) is 13.2 Å². The lowest BCUT2D eigenvalue weighted by molar-refractivity contribution is -0.143. The number of para-hydroxylation sites is 1. The van der Waals surface area contributed by atoms with Gasteiger partial charge in [-0.1, -0.05) is 18.2 Å². The van der Waals surface area contributed by atoms with Crippen molar-refractivity contribution in [2.75, 3.05) is 0 Å². The normalized spacial score (nSPS) is 15.4. The number of aryl methyl sites for hydroxylation is 1. The van der Waals surface area contributed by atoms with Crippen LogP contribution in [0.2, 0.25) is 0 Å². The molecule has 2 aromatic rings. The van der Waals surface area contributed by atoms with Gasteiger partial charge in [-0.05, 0) is 31.4 Å². The van der Waals surface area contributed by atoms with Gasteiger partial charge in [0.15, 0.2) is 5.69 Å². The van der Waals surface area contributed by atoms with E-state index in [2.05, 4.69) is 10.4 Å². The number of rotatable bonds is 4. The average Bonchev–Trinajstić information content (AvgIpc) is 3.14. The molecule has 1 heterocycles.